The van der Waals surface area contributed by atoms with Crippen molar-refractivity contribution in [3.63, 3.8) is 0 Å². The van der Waals surface area contributed by atoms with Crippen LogP contribution in [-0.2, 0) is 16.0 Å². The molecular formula is C14H16Cl2N2O2. The molecule has 0 unspecified atom stereocenters. The Labute approximate surface area is 128 Å². The Morgan fingerprint density at radius 1 is 1.15 bits per heavy atom. The molecule has 0 saturated carbocycles. The molecule has 4 nitrogen and oxygen atoms in total. The molecule has 108 valence electrons. The molecule has 1 aromatic rings. The molecule has 1 N–H and O–H groups in total. The van der Waals surface area contributed by atoms with Gasteiger partial charge in [-0.05, 0) is 30.5 Å². The standard InChI is InChI=1S/C14H16Cl2N2O2/c15-11-4-3-5-12(16)10(11)8-13(19)17-9-14(20)18-6-1-2-7-18/h3-5H,1-2,6-9H2,(H,17,19). The first-order valence-corrected chi connectivity index (χ1v) is 7.31. The molecule has 0 aromatic heterocycles. The molecule has 2 rings (SSSR count). The summed E-state index contributed by atoms with van der Waals surface area (Å²) in [6.07, 6.45) is 2.15. The number of amides is 2. The average Bonchev–Trinajstić information content (AvgIpc) is 2.94. The van der Waals surface area contributed by atoms with Crippen molar-refractivity contribution in [1.82, 2.24) is 10.2 Å². The average molecular weight is 315 g/mol. The lowest BCUT2D eigenvalue weighted by molar-refractivity contribution is -0.131. The Morgan fingerprint density at radius 3 is 2.35 bits per heavy atom. The molecule has 0 radical (unpaired) electrons. The molecule has 1 aliphatic heterocycles. The van der Waals surface area contributed by atoms with Gasteiger partial charge < -0.3 is 10.2 Å². The fourth-order valence-corrected chi connectivity index (χ4v) is 2.71. The number of hydrogen-bond acceptors (Lipinski definition) is 2. The van der Waals surface area contributed by atoms with Gasteiger partial charge in [-0.1, -0.05) is 29.3 Å². The van der Waals surface area contributed by atoms with Crippen molar-refractivity contribution in [2.75, 3.05) is 19.6 Å². The van der Waals surface area contributed by atoms with Crippen molar-refractivity contribution in [2.45, 2.75) is 19.3 Å². The van der Waals surface area contributed by atoms with Gasteiger partial charge in [0, 0.05) is 23.1 Å². The van der Waals surface area contributed by atoms with E-state index >= 15 is 0 Å². The summed E-state index contributed by atoms with van der Waals surface area (Å²) in [4.78, 5) is 25.4. The van der Waals surface area contributed by atoms with E-state index in [0.717, 1.165) is 25.9 Å². The Balaban J connectivity index is 1.85. The molecule has 1 fully saturated rings. The maximum Gasteiger partial charge on any atom is 0.241 e. The van der Waals surface area contributed by atoms with Gasteiger partial charge in [-0.25, -0.2) is 0 Å². The zero-order chi connectivity index (χ0) is 14.5. The molecule has 0 aliphatic carbocycles. The van der Waals surface area contributed by atoms with Crippen LogP contribution in [0.15, 0.2) is 18.2 Å². The van der Waals surface area contributed by atoms with Gasteiger partial charge in [0.05, 0.1) is 13.0 Å². The number of hydrogen-bond donors (Lipinski definition) is 1. The SMILES string of the molecule is O=C(Cc1c(Cl)cccc1Cl)NCC(=O)N1CCCC1. The lowest BCUT2D eigenvalue weighted by Crippen LogP contribution is -2.39. The summed E-state index contributed by atoms with van der Waals surface area (Å²) in [5, 5.41) is 3.53. The first-order valence-electron chi connectivity index (χ1n) is 6.55. The maximum atomic E-state index is 11.8. The quantitative estimate of drug-likeness (QED) is 0.927. The van der Waals surface area contributed by atoms with Crippen LogP contribution in [0.4, 0.5) is 0 Å². The minimum atomic E-state index is -0.257. The van der Waals surface area contributed by atoms with E-state index in [1.165, 1.54) is 0 Å². The lowest BCUT2D eigenvalue weighted by atomic mass is 10.1. The number of halogens is 2. The second-order valence-corrected chi connectivity index (χ2v) is 5.56. The Kier molecular flexibility index (Phi) is 5.26. The maximum absolute atomic E-state index is 11.8. The van der Waals surface area contributed by atoms with Crippen LogP contribution in [-0.4, -0.2) is 36.3 Å². The molecule has 1 saturated heterocycles. The fraction of sp³-hybridized carbons (Fsp3) is 0.429. The zero-order valence-electron chi connectivity index (χ0n) is 11.0. The van der Waals surface area contributed by atoms with Crippen LogP contribution >= 0.6 is 23.2 Å². The van der Waals surface area contributed by atoms with Crippen molar-refractivity contribution >= 4 is 35.0 Å². The van der Waals surface area contributed by atoms with Gasteiger partial charge in [-0.15, -0.1) is 0 Å². The smallest absolute Gasteiger partial charge is 0.241 e. The predicted octanol–water partition coefficient (Wildman–Crippen LogP) is 2.27. The molecule has 1 aliphatic rings. The molecular weight excluding hydrogens is 299 g/mol. The van der Waals surface area contributed by atoms with E-state index < -0.39 is 0 Å². The van der Waals surface area contributed by atoms with Gasteiger partial charge in [-0.3, -0.25) is 9.59 Å². The van der Waals surface area contributed by atoms with Crippen LogP contribution < -0.4 is 5.32 Å². The topological polar surface area (TPSA) is 49.4 Å². The van der Waals surface area contributed by atoms with Gasteiger partial charge >= 0.3 is 0 Å². The number of nitrogens with zero attached hydrogens (tertiary/aromatic N) is 1. The summed E-state index contributed by atoms with van der Waals surface area (Å²) in [6.45, 7) is 1.59. The highest BCUT2D eigenvalue weighted by atomic mass is 35.5. The third-order valence-electron chi connectivity index (χ3n) is 3.29. The summed E-state index contributed by atoms with van der Waals surface area (Å²) >= 11 is 12.0. The summed E-state index contributed by atoms with van der Waals surface area (Å²) in [6, 6.07) is 5.10. The molecule has 2 amide bonds. The number of benzene rings is 1. The predicted molar refractivity (Wildman–Crippen MR) is 79.0 cm³/mol. The van der Waals surface area contributed by atoms with Crippen molar-refractivity contribution in [3.05, 3.63) is 33.8 Å². The van der Waals surface area contributed by atoms with Gasteiger partial charge in [0.1, 0.15) is 0 Å². The van der Waals surface area contributed by atoms with E-state index in [9.17, 15) is 9.59 Å². The van der Waals surface area contributed by atoms with E-state index in [-0.39, 0.29) is 24.8 Å². The molecule has 0 bridgehead atoms. The number of likely N-dealkylation sites (tertiary alicyclic amines) is 1. The third-order valence-corrected chi connectivity index (χ3v) is 4.00. The second-order valence-electron chi connectivity index (χ2n) is 4.74. The highest BCUT2D eigenvalue weighted by molar-refractivity contribution is 6.36. The highest BCUT2D eigenvalue weighted by Gasteiger charge is 2.18. The summed E-state index contributed by atoms with van der Waals surface area (Å²) in [7, 11) is 0. The van der Waals surface area contributed by atoms with Crippen molar-refractivity contribution in [3.8, 4) is 0 Å². The first-order chi connectivity index (χ1) is 9.58. The molecule has 1 aromatic carbocycles. The summed E-state index contributed by atoms with van der Waals surface area (Å²) < 4.78 is 0. The van der Waals surface area contributed by atoms with Crippen molar-refractivity contribution in [2.24, 2.45) is 0 Å². The summed E-state index contributed by atoms with van der Waals surface area (Å²) in [5.74, 6) is -0.298. The summed E-state index contributed by atoms with van der Waals surface area (Å²) in [5.41, 5.74) is 0.585. The minimum absolute atomic E-state index is 0.0287. The van der Waals surface area contributed by atoms with E-state index in [1.807, 2.05) is 0 Å². The van der Waals surface area contributed by atoms with Crippen LogP contribution in [0.3, 0.4) is 0 Å². The van der Waals surface area contributed by atoms with Crippen LogP contribution in [0.25, 0.3) is 0 Å². The minimum Gasteiger partial charge on any atom is -0.347 e. The fourth-order valence-electron chi connectivity index (χ4n) is 2.18. The number of carbonyl (C=O) groups is 2. The second kappa shape index (κ2) is 6.95. The van der Waals surface area contributed by atoms with E-state index in [0.29, 0.717) is 15.6 Å². The van der Waals surface area contributed by atoms with Crippen LogP contribution in [0.1, 0.15) is 18.4 Å². The molecule has 20 heavy (non-hydrogen) atoms. The van der Waals surface area contributed by atoms with Crippen molar-refractivity contribution < 1.29 is 9.59 Å². The lowest BCUT2D eigenvalue weighted by Gasteiger charge is -2.15. The highest BCUT2D eigenvalue weighted by Crippen LogP contribution is 2.24. The molecule has 6 heteroatoms. The molecule has 0 spiro atoms. The normalized spacial score (nSPS) is 14.4. The van der Waals surface area contributed by atoms with E-state index in [4.69, 9.17) is 23.2 Å². The zero-order valence-corrected chi connectivity index (χ0v) is 12.5. The van der Waals surface area contributed by atoms with Gasteiger partial charge in [0.25, 0.3) is 0 Å². The number of carbonyl (C=O) groups excluding carboxylic acids is 2. The molecule has 1 heterocycles. The third kappa shape index (κ3) is 3.87. The number of rotatable bonds is 4. The molecule has 0 atom stereocenters. The van der Waals surface area contributed by atoms with Crippen molar-refractivity contribution in [1.29, 1.82) is 0 Å². The van der Waals surface area contributed by atoms with Crippen LogP contribution in [0.2, 0.25) is 10.0 Å². The van der Waals surface area contributed by atoms with Gasteiger partial charge in [0.2, 0.25) is 11.8 Å². The van der Waals surface area contributed by atoms with Crippen LogP contribution in [0.5, 0.6) is 0 Å². The Morgan fingerprint density at radius 2 is 1.75 bits per heavy atom. The first kappa shape index (κ1) is 15.1. The Hall–Kier alpha value is -1.26. The Bertz CT molecular complexity index is 494. The monoisotopic (exact) mass is 314 g/mol. The number of nitrogens with one attached hydrogen (secondary N) is 1. The van der Waals surface area contributed by atoms with Crippen LogP contribution in [0, 0.1) is 0 Å². The van der Waals surface area contributed by atoms with Gasteiger partial charge in [-0.2, -0.15) is 0 Å². The van der Waals surface area contributed by atoms with Gasteiger partial charge in [0.15, 0.2) is 0 Å². The largest absolute Gasteiger partial charge is 0.347 e. The van der Waals surface area contributed by atoms with E-state index in [2.05, 4.69) is 5.32 Å². The van der Waals surface area contributed by atoms with E-state index in [1.54, 1.807) is 23.1 Å².